The van der Waals surface area contributed by atoms with Crippen LogP contribution in [0.15, 0.2) is 0 Å². The fourth-order valence-electron chi connectivity index (χ4n) is 1.95. The highest BCUT2D eigenvalue weighted by Crippen LogP contribution is 2.22. The third kappa shape index (κ3) is 3.20. The molecule has 92 valence electrons. The van der Waals surface area contributed by atoms with Crippen LogP contribution in [-0.4, -0.2) is 47.7 Å². The van der Waals surface area contributed by atoms with E-state index in [4.69, 9.17) is 9.84 Å². The lowest BCUT2D eigenvalue weighted by atomic mass is 10.0. The molecule has 16 heavy (non-hydrogen) atoms. The summed E-state index contributed by atoms with van der Waals surface area (Å²) in [6.07, 6.45) is 0.692. The second-order valence-corrected chi connectivity index (χ2v) is 4.03. The van der Waals surface area contributed by atoms with Gasteiger partial charge in [0, 0.05) is 19.7 Å². The molecule has 1 aliphatic heterocycles. The molecule has 1 fully saturated rings. The van der Waals surface area contributed by atoms with Crippen LogP contribution in [-0.2, 0) is 14.3 Å². The van der Waals surface area contributed by atoms with Crippen molar-refractivity contribution in [1.29, 1.82) is 0 Å². The van der Waals surface area contributed by atoms with E-state index in [1.807, 2.05) is 13.8 Å². The highest BCUT2D eigenvalue weighted by molar-refractivity contribution is 5.80. The second-order valence-electron chi connectivity index (χ2n) is 4.03. The average molecular weight is 229 g/mol. The molecule has 0 bridgehead atoms. The molecule has 0 aromatic rings. The first-order valence-electron chi connectivity index (χ1n) is 5.68. The Hall–Kier alpha value is -1.10. The summed E-state index contributed by atoms with van der Waals surface area (Å²) in [7, 11) is 0. The van der Waals surface area contributed by atoms with E-state index in [9.17, 15) is 9.59 Å². The quantitative estimate of drug-likeness (QED) is 0.755. The van der Waals surface area contributed by atoms with Crippen molar-refractivity contribution in [2.45, 2.75) is 32.8 Å². The van der Waals surface area contributed by atoms with E-state index in [0.717, 1.165) is 6.42 Å². The summed E-state index contributed by atoms with van der Waals surface area (Å²) in [6, 6.07) is 0. The Kier molecular flexibility index (Phi) is 4.73. The van der Waals surface area contributed by atoms with Crippen molar-refractivity contribution in [3.8, 4) is 0 Å². The van der Waals surface area contributed by atoms with Gasteiger partial charge in [-0.05, 0) is 20.3 Å². The third-order valence-corrected chi connectivity index (χ3v) is 2.98. The van der Waals surface area contributed by atoms with Crippen molar-refractivity contribution >= 4 is 11.9 Å². The van der Waals surface area contributed by atoms with Crippen LogP contribution in [0, 0.1) is 5.92 Å². The van der Waals surface area contributed by atoms with Gasteiger partial charge >= 0.3 is 5.97 Å². The van der Waals surface area contributed by atoms with Crippen molar-refractivity contribution in [1.82, 2.24) is 4.90 Å². The molecule has 5 heteroatoms. The van der Waals surface area contributed by atoms with Crippen LogP contribution in [0.1, 0.15) is 26.7 Å². The Morgan fingerprint density at radius 1 is 1.50 bits per heavy atom. The Bertz CT molecular complexity index is 267. The lowest BCUT2D eigenvalue weighted by molar-refractivity contribution is -0.140. The SMILES string of the molecule is CCN(CCC(=O)O)C(=O)C1CCOC1C. The van der Waals surface area contributed by atoms with Gasteiger partial charge in [-0.25, -0.2) is 0 Å². The largest absolute Gasteiger partial charge is 0.481 e. The molecule has 1 amide bonds. The van der Waals surface area contributed by atoms with Gasteiger partial charge in [-0.2, -0.15) is 0 Å². The molecule has 1 N–H and O–H groups in total. The number of carboxylic acid groups (broad SMARTS) is 1. The molecule has 2 atom stereocenters. The van der Waals surface area contributed by atoms with E-state index in [2.05, 4.69) is 0 Å². The normalized spacial score (nSPS) is 24.4. The van der Waals surface area contributed by atoms with E-state index in [1.165, 1.54) is 0 Å². The van der Waals surface area contributed by atoms with Crippen LogP contribution >= 0.6 is 0 Å². The van der Waals surface area contributed by atoms with E-state index in [0.29, 0.717) is 13.2 Å². The molecule has 2 unspecified atom stereocenters. The molecule has 0 saturated carbocycles. The fourth-order valence-corrected chi connectivity index (χ4v) is 1.95. The zero-order chi connectivity index (χ0) is 12.1. The Labute approximate surface area is 95.4 Å². The van der Waals surface area contributed by atoms with E-state index >= 15 is 0 Å². The van der Waals surface area contributed by atoms with Gasteiger partial charge in [-0.3, -0.25) is 9.59 Å². The Morgan fingerprint density at radius 3 is 2.62 bits per heavy atom. The highest BCUT2D eigenvalue weighted by atomic mass is 16.5. The van der Waals surface area contributed by atoms with Crippen molar-refractivity contribution in [3.63, 3.8) is 0 Å². The van der Waals surface area contributed by atoms with Gasteiger partial charge in [-0.15, -0.1) is 0 Å². The molecular formula is C11H19NO4. The maximum Gasteiger partial charge on any atom is 0.305 e. The summed E-state index contributed by atoms with van der Waals surface area (Å²) < 4.78 is 5.34. The number of hydrogen-bond donors (Lipinski definition) is 1. The maximum atomic E-state index is 12.1. The molecule has 0 radical (unpaired) electrons. The predicted molar refractivity (Wildman–Crippen MR) is 58.0 cm³/mol. The van der Waals surface area contributed by atoms with Crippen LogP contribution in [0.4, 0.5) is 0 Å². The average Bonchev–Trinajstić information content (AvgIpc) is 2.64. The number of carboxylic acids is 1. The summed E-state index contributed by atoms with van der Waals surface area (Å²) in [5.74, 6) is -0.954. The van der Waals surface area contributed by atoms with E-state index in [1.54, 1.807) is 4.90 Å². The zero-order valence-corrected chi connectivity index (χ0v) is 9.81. The number of carbonyl (C=O) groups excluding carboxylic acids is 1. The van der Waals surface area contributed by atoms with Crippen molar-refractivity contribution < 1.29 is 19.4 Å². The van der Waals surface area contributed by atoms with Gasteiger partial charge in [0.05, 0.1) is 18.4 Å². The minimum Gasteiger partial charge on any atom is -0.481 e. The number of nitrogens with zero attached hydrogens (tertiary/aromatic N) is 1. The Balaban J connectivity index is 2.51. The first kappa shape index (κ1) is 13.0. The van der Waals surface area contributed by atoms with Crippen molar-refractivity contribution in [2.75, 3.05) is 19.7 Å². The molecule has 1 saturated heterocycles. The lowest BCUT2D eigenvalue weighted by Gasteiger charge is -2.24. The lowest BCUT2D eigenvalue weighted by Crippen LogP contribution is -2.39. The molecule has 0 spiro atoms. The summed E-state index contributed by atoms with van der Waals surface area (Å²) >= 11 is 0. The zero-order valence-electron chi connectivity index (χ0n) is 9.81. The second kappa shape index (κ2) is 5.84. The predicted octanol–water partition coefficient (Wildman–Crippen LogP) is 0.735. The van der Waals surface area contributed by atoms with Gasteiger partial charge < -0.3 is 14.7 Å². The standard InChI is InChI=1S/C11H19NO4/c1-3-12(6-4-10(13)14)11(15)9-5-7-16-8(9)2/h8-9H,3-7H2,1-2H3,(H,13,14). The number of hydrogen-bond acceptors (Lipinski definition) is 3. The number of amides is 1. The molecule has 0 aromatic carbocycles. The summed E-state index contributed by atoms with van der Waals surface area (Å²) in [6.45, 7) is 5.21. The van der Waals surface area contributed by atoms with Gasteiger partial charge in [0.25, 0.3) is 0 Å². The number of carbonyl (C=O) groups is 2. The fraction of sp³-hybridized carbons (Fsp3) is 0.818. The first-order valence-corrected chi connectivity index (χ1v) is 5.68. The highest BCUT2D eigenvalue weighted by Gasteiger charge is 2.33. The summed E-state index contributed by atoms with van der Waals surface area (Å²) in [5.41, 5.74) is 0. The van der Waals surface area contributed by atoms with Crippen LogP contribution in [0.3, 0.4) is 0 Å². The van der Waals surface area contributed by atoms with Gasteiger partial charge in [0.15, 0.2) is 0 Å². The molecular weight excluding hydrogens is 210 g/mol. The van der Waals surface area contributed by atoms with Crippen molar-refractivity contribution in [2.24, 2.45) is 5.92 Å². The molecule has 1 rings (SSSR count). The van der Waals surface area contributed by atoms with Crippen LogP contribution in [0.25, 0.3) is 0 Å². The molecule has 0 aliphatic carbocycles. The smallest absolute Gasteiger partial charge is 0.305 e. The number of ether oxygens (including phenoxy) is 1. The maximum absolute atomic E-state index is 12.1. The molecule has 1 aliphatic rings. The van der Waals surface area contributed by atoms with Crippen LogP contribution in [0.5, 0.6) is 0 Å². The molecule has 5 nitrogen and oxygen atoms in total. The topological polar surface area (TPSA) is 66.8 Å². The van der Waals surface area contributed by atoms with Crippen LogP contribution in [0.2, 0.25) is 0 Å². The molecule has 1 heterocycles. The number of rotatable bonds is 5. The van der Waals surface area contributed by atoms with Crippen LogP contribution < -0.4 is 0 Å². The minimum absolute atomic E-state index is 0.00153. The third-order valence-electron chi connectivity index (χ3n) is 2.98. The molecule has 0 aromatic heterocycles. The van der Waals surface area contributed by atoms with Gasteiger partial charge in [-0.1, -0.05) is 0 Å². The number of aliphatic carboxylic acids is 1. The van der Waals surface area contributed by atoms with Gasteiger partial charge in [0.2, 0.25) is 5.91 Å². The summed E-state index contributed by atoms with van der Waals surface area (Å²) in [4.78, 5) is 24.1. The van der Waals surface area contributed by atoms with E-state index in [-0.39, 0.29) is 30.9 Å². The first-order chi connectivity index (χ1) is 7.56. The van der Waals surface area contributed by atoms with Gasteiger partial charge in [0.1, 0.15) is 0 Å². The van der Waals surface area contributed by atoms with E-state index < -0.39 is 5.97 Å². The summed E-state index contributed by atoms with van der Waals surface area (Å²) in [5, 5.41) is 8.59. The van der Waals surface area contributed by atoms with Crippen molar-refractivity contribution in [3.05, 3.63) is 0 Å². The monoisotopic (exact) mass is 229 g/mol. The minimum atomic E-state index is -0.873. The Morgan fingerprint density at radius 2 is 2.19 bits per heavy atom.